The molecule has 0 amide bonds. The molecule has 0 saturated carbocycles. The molecule has 3 aromatic rings. The molecule has 0 spiro atoms. The molecule has 124 valence electrons. The Morgan fingerprint density at radius 1 is 1.38 bits per heavy atom. The molecule has 24 heavy (non-hydrogen) atoms. The SMILES string of the molecule is Cc1ccc(-c2noc(-c3cc(Br)cn(CCN)c3=O)n2)cc1F. The molecular weight excluding hydrogens is 379 g/mol. The van der Waals surface area contributed by atoms with Crippen LogP contribution in [0.5, 0.6) is 0 Å². The molecule has 0 saturated heterocycles. The highest BCUT2D eigenvalue weighted by Crippen LogP contribution is 2.23. The number of rotatable bonds is 4. The van der Waals surface area contributed by atoms with Gasteiger partial charge in [-0.1, -0.05) is 17.3 Å². The van der Waals surface area contributed by atoms with Crippen molar-refractivity contribution in [3.05, 3.63) is 56.7 Å². The van der Waals surface area contributed by atoms with Crippen LogP contribution >= 0.6 is 15.9 Å². The van der Waals surface area contributed by atoms with Gasteiger partial charge in [-0.15, -0.1) is 0 Å². The molecule has 0 radical (unpaired) electrons. The minimum atomic E-state index is -0.355. The van der Waals surface area contributed by atoms with Crippen molar-refractivity contribution in [2.45, 2.75) is 13.5 Å². The Bertz CT molecular complexity index is 951. The first-order valence-corrected chi connectivity index (χ1v) is 7.99. The largest absolute Gasteiger partial charge is 0.333 e. The summed E-state index contributed by atoms with van der Waals surface area (Å²) in [6.45, 7) is 2.37. The van der Waals surface area contributed by atoms with Crippen LogP contribution in [-0.4, -0.2) is 21.3 Å². The Morgan fingerprint density at radius 3 is 2.88 bits per heavy atom. The molecule has 0 fully saturated rings. The molecule has 0 atom stereocenters. The standard InChI is InChI=1S/C16H14BrFN4O2/c1-9-2-3-10(6-13(9)18)14-20-15(24-21-14)12-7-11(17)8-22(5-4-19)16(12)23/h2-3,6-8H,4-5,19H2,1H3. The third kappa shape index (κ3) is 3.15. The Labute approximate surface area is 145 Å². The average Bonchev–Trinajstić information content (AvgIpc) is 3.03. The van der Waals surface area contributed by atoms with Crippen LogP contribution in [0.3, 0.4) is 0 Å². The van der Waals surface area contributed by atoms with E-state index >= 15 is 0 Å². The maximum Gasteiger partial charge on any atom is 0.263 e. The highest BCUT2D eigenvalue weighted by Gasteiger charge is 2.16. The zero-order valence-electron chi connectivity index (χ0n) is 12.8. The minimum Gasteiger partial charge on any atom is -0.333 e. The summed E-state index contributed by atoms with van der Waals surface area (Å²) in [5, 5.41) is 3.84. The van der Waals surface area contributed by atoms with E-state index in [2.05, 4.69) is 26.1 Å². The second-order valence-electron chi connectivity index (χ2n) is 5.25. The number of hydrogen-bond donors (Lipinski definition) is 1. The Kier molecular flexibility index (Phi) is 4.59. The van der Waals surface area contributed by atoms with E-state index < -0.39 is 0 Å². The van der Waals surface area contributed by atoms with Crippen molar-refractivity contribution in [3.63, 3.8) is 0 Å². The van der Waals surface area contributed by atoms with Gasteiger partial charge >= 0.3 is 0 Å². The quantitative estimate of drug-likeness (QED) is 0.737. The molecule has 0 aliphatic carbocycles. The molecule has 0 aliphatic heterocycles. The highest BCUT2D eigenvalue weighted by molar-refractivity contribution is 9.10. The maximum atomic E-state index is 13.7. The summed E-state index contributed by atoms with van der Waals surface area (Å²) in [4.78, 5) is 16.7. The van der Waals surface area contributed by atoms with Gasteiger partial charge in [0.15, 0.2) is 0 Å². The number of aryl methyl sites for hydroxylation is 1. The fraction of sp³-hybridized carbons (Fsp3) is 0.188. The van der Waals surface area contributed by atoms with E-state index in [1.54, 1.807) is 31.3 Å². The number of nitrogens with two attached hydrogens (primary N) is 1. The summed E-state index contributed by atoms with van der Waals surface area (Å²) in [6, 6.07) is 6.26. The normalized spacial score (nSPS) is 11.0. The summed E-state index contributed by atoms with van der Waals surface area (Å²) in [7, 11) is 0. The van der Waals surface area contributed by atoms with E-state index in [1.165, 1.54) is 10.6 Å². The van der Waals surface area contributed by atoms with Crippen LogP contribution in [0.25, 0.3) is 22.8 Å². The van der Waals surface area contributed by atoms with Crippen LogP contribution in [0.15, 0.2) is 44.3 Å². The molecule has 1 aromatic carbocycles. The smallest absolute Gasteiger partial charge is 0.263 e. The Morgan fingerprint density at radius 2 is 2.17 bits per heavy atom. The van der Waals surface area contributed by atoms with Crippen LogP contribution in [-0.2, 0) is 6.54 Å². The molecule has 6 nitrogen and oxygen atoms in total. The van der Waals surface area contributed by atoms with Crippen LogP contribution in [0, 0.1) is 12.7 Å². The van der Waals surface area contributed by atoms with Crippen molar-refractivity contribution in [2.75, 3.05) is 6.54 Å². The van der Waals surface area contributed by atoms with E-state index in [4.69, 9.17) is 10.3 Å². The van der Waals surface area contributed by atoms with Gasteiger partial charge in [0, 0.05) is 29.3 Å². The van der Waals surface area contributed by atoms with Crippen molar-refractivity contribution in [1.29, 1.82) is 0 Å². The van der Waals surface area contributed by atoms with E-state index in [9.17, 15) is 9.18 Å². The zero-order chi connectivity index (χ0) is 17.3. The average molecular weight is 393 g/mol. The fourth-order valence-corrected chi connectivity index (χ4v) is 2.72. The van der Waals surface area contributed by atoms with Crippen molar-refractivity contribution in [2.24, 2.45) is 5.73 Å². The first-order valence-electron chi connectivity index (χ1n) is 7.20. The van der Waals surface area contributed by atoms with Gasteiger partial charge in [-0.3, -0.25) is 4.79 Å². The molecule has 0 unspecified atom stereocenters. The van der Waals surface area contributed by atoms with Crippen LogP contribution in [0.2, 0.25) is 0 Å². The summed E-state index contributed by atoms with van der Waals surface area (Å²) in [5.74, 6) is -0.0664. The van der Waals surface area contributed by atoms with Gasteiger partial charge in [0.25, 0.3) is 11.4 Å². The summed E-state index contributed by atoms with van der Waals surface area (Å²) < 4.78 is 21.0. The number of nitrogens with zero attached hydrogens (tertiary/aromatic N) is 3. The summed E-state index contributed by atoms with van der Waals surface area (Å²) in [6.07, 6.45) is 1.64. The monoisotopic (exact) mass is 392 g/mol. The lowest BCUT2D eigenvalue weighted by Crippen LogP contribution is -2.24. The molecule has 3 rings (SSSR count). The van der Waals surface area contributed by atoms with Crippen molar-refractivity contribution < 1.29 is 8.91 Å². The number of benzene rings is 1. The van der Waals surface area contributed by atoms with E-state index in [0.29, 0.717) is 28.7 Å². The number of aromatic nitrogens is 3. The zero-order valence-corrected chi connectivity index (χ0v) is 14.4. The summed E-state index contributed by atoms with van der Waals surface area (Å²) in [5.41, 5.74) is 6.49. The summed E-state index contributed by atoms with van der Waals surface area (Å²) >= 11 is 3.34. The highest BCUT2D eigenvalue weighted by atomic mass is 79.9. The van der Waals surface area contributed by atoms with Crippen molar-refractivity contribution in [3.8, 4) is 22.8 Å². The Hall–Kier alpha value is -2.32. The van der Waals surface area contributed by atoms with Gasteiger partial charge in [0.05, 0.1) is 0 Å². The number of halogens is 2. The fourth-order valence-electron chi connectivity index (χ4n) is 2.24. The first-order chi connectivity index (χ1) is 11.5. The Balaban J connectivity index is 2.05. The molecule has 2 heterocycles. The molecule has 0 bridgehead atoms. The van der Waals surface area contributed by atoms with Gasteiger partial charge < -0.3 is 14.8 Å². The van der Waals surface area contributed by atoms with Crippen LogP contribution < -0.4 is 11.3 Å². The number of pyridine rings is 1. The molecule has 8 heteroatoms. The van der Waals surface area contributed by atoms with Crippen LogP contribution in [0.4, 0.5) is 4.39 Å². The van der Waals surface area contributed by atoms with E-state index in [0.717, 1.165) is 0 Å². The van der Waals surface area contributed by atoms with Gasteiger partial charge in [-0.05, 0) is 40.5 Å². The molecule has 2 aromatic heterocycles. The predicted molar refractivity (Wildman–Crippen MR) is 90.9 cm³/mol. The van der Waals surface area contributed by atoms with Gasteiger partial charge in [0.1, 0.15) is 11.4 Å². The predicted octanol–water partition coefficient (Wildman–Crippen LogP) is 2.73. The second-order valence-corrected chi connectivity index (χ2v) is 6.16. The van der Waals surface area contributed by atoms with E-state index in [1.807, 2.05) is 0 Å². The van der Waals surface area contributed by atoms with Crippen LogP contribution in [0.1, 0.15) is 5.56 Å². The molecule has 0 aliphatic rings. The van der Waals surface area contributed by atoms with Gasteiger partial charge in [0.2, 0.25) is 5.82 Å². The topological polar surface area (TPSA) is 86.9 Å². The third-order valence-corrected chi connectivity index (χ3v) is 3.94. The van der Waals surface area contributed by atoms with Crippen molar-refractivity contribution >= 4 is 15.9 Å². The molecule has 2 N–H and O–H groups in total. The third-order valence-electron chi connectivity index (χ3n) is 3.51. The lowest BCUT2D eigenvalue weighted by molar-refractivity contribution is 0.431. The lowest BCUT2D eigenvalue weighted by atomic mass is 10.1. The second kappa shape index (κ2) is 6.66. The molecular formula is C16H14BrFN4O2. The van der Waals surface area contributed by atoms with Gasteiger partial charge in [-0.25, -0.2) is 4.39 Å². The van der Waals surface area contributed by atoms with E-state index in [-0.39, 0.29) is 28.7 Å². The minimum absolute atomic E-state index is 0.0723. The van der Waals surface area contributed by atoms with Crippen molar-refractivity contribution in [1.82, 2.24) is 14.7 Å². The number of hydrogen-bond acceptors (Lipinski definition) is 5. The maximum absolute atomic E-state index is 13.7. The lowest BCUT2D eigenvalue weighted by Gasteiger charge is -2.05. The van der Waals surface area contributed by atoms with Gasteiger partial charge in [-0.2, -0.15) is 4.98 Å². The first kappa shape index (κ1) is 16.5.